The van der Waals surface area contributed by atoms with Gasteiger partial charge < -0.3 is 15.5 Å². The maximum absolute atomic E-state index is 9.36. The van der Waals surface area contributed by atoms with E-state index < -0.39 is 6.10 Å². The monoisotopic (exact) mass is 222 g/mol. The van der Waals surface area contributed by atoms with E-state index >= 15 is 0 Å². The first-order chi connectivity index (χ1) is 7.81. The summed E-state index contributed by atoms with van der Waals surface area (Å²) in [5.74, 6) is 0. The molecule has 0 amide bonds. The molecule has 1 aliphatic carbocycles. The second-order valence-electron chi connectivity index (χ2n) is 4.51. The van der Waals surface area contributed by atoms with Crippen LogP contribution < -0.4 is 5.32 Å². The van der Waals surface area contributed by atoms with Gasteiger partial charge in [-0.3, -0.25) is 0 Å². The van der Waals surface area contributed by atoms with Crippen LogP contribution in [0.5, 0.6) is 0 Å². The highest BCUT2D eigenvalue weighted by atomic mass is 16.3. The first-order valence-electron chi connectivity index (χ1n) is 6.01. The molecule has 0 saturated carbocycles. The van der Waals surface area contributed by atoms with E-state index in [4.69, 9.17) is 5.11 Å². The molecule has 0 unspecified atom stereocenters. The van der Waals surface area contributed by atoms with Crippen molar-refractivity contribution in [1.29, 1.82) is 0 Å². The van der Waals surface area contributed by atoms with Gasteiger partial charge in [0, 0.05) is 12.0 Å². The largest absolute Gasteiger partial charge is 0.393 e. The zero-order valence-corrected chi connectivity index (χ0v) is 9.47. The lowest BCUT2D eigenvalue weighted by Crippen LogP contribution is -2.87. The fourth-order valence-corrected chi connectivity index (χ4v) is 2.43. The highest BCUT2D eigenvalue weighted by Gasteiger charge is 2.22. The average molecular weight is 222 g/mol. The van der Waals surface area contributed by atoms with E-state index in [0.29, 0.717) is 12.6 Å². The maximum atomic E-state index is 9.36. The Morgan fingerprint density at radius 2 is 2.19 bits per heavy atom. The quantitative estimate of drug-likeness (QED) is 0.670. The molecule has 0 saturated heterocycles. The van der Waals surface area contributed by atoms with Gasteiger partial charge in [-0.25, -0.2) is 0 Å². The van der Waals surface area contributed by atoms with Crippen molar-refractivity contribution in [1.82, 2.24) is 0 Å². The minimum absolute atomic E-state index is 0.148. The van der Waals surface area contributed by atoms with Crippen LogP contribution in [-0.2, 0) is 6.42 Å². The molecule has 1 aliphatic rings. The fourth-order valence-electron chi connectivity index (χ4n) is 2.43. The van der Waals surface area contributed by atoms with Gasteiger partial charge in [0.25, 0.3) is 0 Å². The average Bonchev–Trinajstić information content (AvgIpc) is 2.35. The molecular formula is C13H20NO2+. The SMILES string of the molecule is OC[C@@H](O)C[NH2+][C@@H]1CCCc2ccccc21. The van der Waals surface area contributed by atoms with Gasteiger partial charge in [0.1, 0.15) is 18.7 Å². The number of aliphatic hydroxyl groups excluding tert-OH is 2. The lowest BCUT2D eigenvalue weighted by atomic mass is 9.88. The first kappa shape index (κ1) is 11.6. The van der Waals surface area contributed by atoms with Crippen LogP contribution in [0, 0.1) is 0 Å². The van der Waals surface area contributed by atoms with Crippen LogP contribution in [0.3, 0.4) is 0 Å². The van der Waals surface area contributed by atoms with Crippen molar-refractivity contribution in [3.63, 3.8) is 0 Å². The third-order valence-electron chi connectivity index (χ3n) is 3.32. The molecule has 0 spiro atoms. The Kier molecular flexibility index (Phi) is 3.93. The highest BCUT2D eigenvalue weighted by molar-refractivity contribution is 5.30. The van der Waals surface area contributed by atoms with Crippen molar-refractivity contribution in [3.05, 3.63) is 35.4 Å². The number of aryl methyl sites for hydroxylation is 1. The molecule has 0 heterocycles. The van der Waals surface area contributed by atoms with Gasteiger partial charge in [-0.1, -0.05) is 24.3 Å². The zero-order chi connectivity index (χ0) is 11.4. The zero-order valence-electron chi connectivity index (χ0n) is 9.47. The van der Waals surface area contributed by atoms with Crippen LogP contribution in [0.15, 0.2) is 24.3 Å². The predicted molar refractivity (Wildman–Crippen MR) is 62.0 cm³/mol. The molecule has 1 aromatic rings. The molecule has 0 aromatic heterocycles. The van der Waals surface area contributed by atoms with Gasteiger partial charge in [-0.15, -0.1) is 0 Å². The van der Waals surface area contributed by atoms with Crippen molar-refractivity contribution < 1.29 is 15.5 Å². The molecule has 0 aliphatic heterocycles. The van der Waals surface area contributed by atoms with Gasteiger partial charge in [-0.05, 0) is 18.4 Å². The summed E-state index contributed by atoms with van der Waals surface area (Å²) >= 11 is 0. The Morgan fingerprint density at radius 1 is 1.38 bits per heavy atom. The number of aliphatic hydroxyl groups is 2. The van der Waals surface area contributed by atoms with E-state index in [0.717, 1.165) is 6.42 Å². The van der Waals surface area contributed by atoms with E-state index in [1.54, 1.807) is 0 Å². The molecule has 0 radical (unpaired) electrons. The van der Waals surface area contributed by atoms with Crippen LogP contribution in [0.2, 0.25) is 0 Å². The van der Waals surface area contributed by atoms with Gasteiger partial charge >= 0.3 is 0 Å². The summed E-state index contributed by atoms with van der Waals surface area (Å²) in [7, 11) is 0. The smallest absolute Gasteiger partial charge is 0.126 e. The van der Waals surface area contributed by atoms with E-state index in [1.165, 1.54) is 24.0 Å². The summed E-state index contributed by atoms with van der Waals surface area (Å²) in [6, 6.07) is 8.99. The number of rotatable bonds is 4. The van der Waals surface area contributed by atoms with Crippen LogP contribution in [-0.4, -0.2) is 29.5 Å². The topological polar surface area (TPSA) is 57.1 Å². The minimum atomic E-state index is -0.603. The number of nitrogens with two attached hydrogens (primary N) is 1. The Labute approximate surface area is 96.1 Å². The molecule has 88 valence electrons. The molecule has 2 rings (SSSR count). The van der Waals surface area contributed by atoms with Crippen LogP contribution in [0.1, 0.15) is 30.0 Å². The first-order valence-corrected chi connectivity index (χ1v) is 6.01. The Morgan fingerprint density at radius 3 is 3.00 bits per heavy atom. The predicted octanol–water partition coefficient (Wildman–Crippen LogP) is -0.0194. The van der Waals surface area contributed by atoms with Crippen molar-refractivity contribution >= 4 is 0 Å². The molecule has 4 N–H and O–H groups in total. The summed E-state index contributed by atoms with van der Waals surface area (Å²) in [6.45, 7) is 0.431. The molecule has 3 nitrogen and oxygen atoms in total. The summed E-state index contributed by atoms with van der Waals surface area (Å²) in [5, 5.41) is 20.3. The van der Waals surface area contributed by atoms with E-state index in [2.05, 4.69) is 29.6 Å². The molecular weight excluding hydrogens is 202 g/mol. The molecule has 3 heteroatoms. The second kappa shape index (κ2) is 5.43. The second-order valence-corrected chi connectivity index (χ2v) is 4.51. The molecule has 16 heavy (non-hydrogen) atoms. The Bertz CT molecular complexity index is 340. The highest BCUT2D eigenvalue weighted by Crippen LogP contribution is 2.26. The van der Waals surface area contributed by atoms with Gasteiger partial charge in [0.2, 0.25) is 0 Å². The van der Waals surface area contributed by atoms with E-state index in [1.807, 2.05) is 0 Å². The standard InChI is InChI=1S/C13H19NO2/c15-9-11(16)8-14-13-7-3-5-10-4-1-2-6-12(10)13/h1-2,4,6,11,13-16H,3,5,7-9H2/p+1/t11-,13+/m0/s1. The van der Waals surface area contributed by atoms with Gasteiger partial charge in [-0.2, -0.15) is 0 Å². The molecule has 0 bridgehead atoms. The summed E-state index contributed by atoms with van der Waals surface area (Å²) in [5.41, 5.74) is 2.84. The maximum Gasteiger partial charge on any atom is 0.126 e. The summed E-state index contributed by atoms with van der Waals surface area (Å²) < 4.78 is 0. The summed E-state index contributed by atoms with van der Waals surface area (Å²) in [4.78, 5) is 0. The van der Waals surface area contributed by atoms with Crippen molar-refractivity contribution in [2.24, 2.45) is 0 Å². The van der Waals surface area contributed by atoms with E-state index in [-0.39, 0.29) is 6.61 Å². The number of benzene rings is 1. The van der Waals surface area contributed by atoms with Crippen molar-refractivity contribution in [2.45, 2.75) is 31.4 Å². The Balaban J connectivity index is 2.01. The number of hydrogen-bond acceptors (Lipinski definition) is 2. The number of fused-ring (bicyclic) bond motifs is 1. The van der Waals surface area contributed by atoms with Gasteiger partial charge in [0.05, 0.1) is 6.61 Å². The molecule has 0 fully saturated rings. The lowest BCUT2D eigenvalue weighted by molar-refractivity contribution is -0.702. The number of quaternary nitrogens is 1. The van der Waals surface area contributed by atoms with Crippen LogP contribution in [0.25, 0.3) is 0 Å². The Hall–Kier alpha value is -0.900. The van der Waals surface area contributed by atoms with Crippen molar-refractivity contribution in [3.8, 4) is 0 Å². The number of hydrogen-bond donors (Lipinski definition) is 3. The van der Waals surface area contributed by atoms with E-state index in [9.17, 15) is 5.11 Å². The fraction of sp³-hybridized carbons (Fsp3) is 0.538. The van der Waals surface area contributed by atoms with Crippen LogP contribution >= 0.6 is 0 Å². The summed E-state index contributed by atoms with van der Waals surface area (Å²) in [6.07, 6.45) is 2.94. The lowest BCUT2D eigenvalue weighted by Gasteiger charge is -2.24. The van der Waals surface area contributed by atoms with Crippen LogP contribution in [0.4, 0.5) is 0 Å². The molecule has 2 atom stereocenters. The minimum Gasteiger partial charge on any atom is -0.393 e. The van der Waals surface area contributed by atoms with Gasteiger partial charge in [0.15, 0.2) is 0 Å². The third kappa shape index (κ3) is 2.61. The normalized spacial score (nSPS) is 21.5. The third-order valence-corrected chi connectivity index (χ3v) is 3.32. The van der Waals surface area contributed by atoms with Crippen molar-refractivity contribution in [2.75, 3.05) is 13.2 Å². The molecule has 1 aromatic carbocycles.